The van der Waals surface area contributed by atoms with E-state index in [1.807, 2.05) is 18.2 Å². The Labute approximate surface area is 134 Å². The predicted octanol–water partition coefficient (Wildman–Crippen LogP) is -1.10. The third-order valence-electron chi connectivity index (χ3n) is 3.48. The number of nitrogens with two attached hydrogens (primary N) is 1. The van der Waals surface area contributed by atoms with Gasteiger partial charge >= 0.3 is 0 Å². The van der Waals surface area contributed by atoms with E-state index in [-0.39, 0.29) is 32.1 Å². The average molecular weight is 322 g/mol. The minimum atomic E-state index is -0.515. The fourth-order valence-corrected chi connectivity index (χ4v) is 2.24. The summed E-state index contributed by atoms with van der Waals surface area (Å²) < 4.78 is 10.2. The summed E-state index contributed by atoms with van der Waals surface area (Å²) in [6.07, 6.45) is 1.97. The molecule has 4 N–H and O–H groups in total. The molecule has 1 fully saturated rings. The monoisotopic (exact) mass is 322 g/mol. The summed E-state index contributed by atoms with van der Waals surface area (Å²) in [6.45, 7) is 2.08. The first-order valence-electron chi connectivity index (χ1n) is 7.49. The molecule has 1 aliphatic heterocycles. The maximum Gasteiger partial charge on any atom is 0.243 e. The molecule has 2 rings (SSSR count). The van der Waals surface area contributed by atoms with Crippen LogP contribution in [0.1, 0.15) is 12.1 Å². The van der Waals surface area contributed by atoms with Crippen molar-refractivity contribution < 1.29 is 19.1 Å². The number of primary amides is 1. The molecule has 0 aliphatic carbocycles. The van der Waals surface area contributed by atoms with Gasteiger partial charge in [0, 0.05) is 25.7 Å². The Morgan fingerprint density at radius 1 is 1.26 bits per heavy atom. The van der Waals surface area contributed by atoms with Crippen LogP contribution in [0.25, 0.3) is 0 Å². The summed E-state index contributed by atoms with van der Waals surface area (Å²) in [5.41, 5.74) is 5.36. The minimum absolute atomic E-state index is 0.0878. The van der Waals surface area contributed by atoms with Crippen molar-refractivity contribution in [1.29, 1.82) is 0 Å². The van der Waals surface area contributed by atoms with E-state index in [0.29, 0.717) is 19.7 Å². The van der Waals surface area contributed by atoms with Crippen molar-refractivity contribution >= 4 is 11.8 Å². The zero-order valence-electron chi connectivity index (χ0n) is 12.9. The van der Waals surface area contributed by atoms with Crippen LogP contribution in [-0.4, -0.2) is 56.3 Å². The van der Waals surface area contributed by atoms with E-state index in [9.17, 15) is 9.59 Å². The Balaban J connectivity index is 1.65. The van der Waals surface area contributed by atoms with Gasteiger partial charge in [-0.05, 0) is 12.1 Å². The number of carbonyl (C=O) groups excluding carboxylic acids is 2. The van der Waals surface area contributed by atoms with Gasteiger partial charge in [0.05, 0.1) is 25.5 Å². The Kier molecular flexibility index (Phi) is 6.45. The fraction of sp³-hybridized carbons (Fsp3) is 0.533. The van der Waals surface area contributed by atoms with Gasteiger partial charge in [-0.15, -0.1) is 0 Å². The number of hydrogen-bond donors (Lipinski definition) is 3. The van der Waals surface area contributed by atoms with Crippen molar-refractivity contribution in [3.8, 4) is 0 Å². The van der Waals surface area contributed by atoms with Gasteiger partial charge < -0.3 is 25.8 Å². The first-order chi connectivity index (χ1) is 11.1. The Hall–Kier alpha value is -2.03. The standard InChI is InChI=1S/C15H22N4O4/c16-13(20)9-23-8-7-22-6-4-14(21)19-15(10-17-11-15)12-3-1-2-5-18-12/h1-3,5,17H,4,6-11H2,(H2,16,20)(H,19,21). The van der Waals surface area contributed by atoms with Crippen LogP contribution < -0.4 is 16.4 Å². The molecule has 0 spiro atoms. The number of nitrogens with zero attached hydrogens (tertiary/aromatic N) is 1. The number of amides is 2. The average Bonchev–Trinajstić information content (AvgIpc) is 2.50. The molecule has 8 heteroatoms. The number of aromatic nitrogens is 1. The van der Waals surface area contributed by atoms with E-state index >= 15 is 0 Å². The lowest BCUT2D eigenvalue weighted by Crippen LogP contribution is -2.66. The SMILES string of the molecule is NC(=O)COCCOCCC(=O)NC1(c2ccccn2)CNC1. The van der Waals surface area contributed by atoms with Crippen molar-refractivity contribution in [2.45, 2.75) is 12.0 Å². The van der Waals surface area contributed by atoms with Crippen LogP contribution in [0.2, 0.25) is 0 Å². The molecule has 8 nitrogen and oxygen atoms in total. The molecule has 1 saturated heterocycles. The summed E-state index contributed by atoms with van der Waals surface area (Å²) in [5.74, 6) is -0.603. The molecule has 0 aromatic carbocycles. The summed E-state index contributed by atoms with van der Waals surface area (Å²) in [6, 6.07) is 5.66. The predicted molar refractivity (Wildman–Crippen MR) is 82.4 cm³/mol. The number of carbonyl (C=O) groups is 2. The highest BCUT2D eigenvalue weighted by Gasteiger charge is 2.41. The number of nitrogens with one attached hydrogen (secondary N) is 2. The van der Waals surface area contributed by atoms with Gasteiger partial charge in [0.2, 0.25) is 11.8 Å². The lowest BCUT2D eigenvalue weighted by atomic mass is 9.87. The molecule has 0 unspecified atom stereocenters. The maximum absolute atomic E-state index is 12.1. The second-order valence-electron chi connectivity index (χ2n) is 5.33. The first-order valence-corrected chi connectivity index (χ1v) is 7.49. The smallest absolute Gasteiger partial charge is 0.243 e. The highest BCUT2D eigenvalue weighted by Crippen LogP contribution is 2.23. The zero-order valence-corrected chi connectivity index (χ0v) is 12.9. The van der Waals surface area contributed by atoms with Crippen LogP contribution in [-0.2, 0) is 24.6 Å². The third kappa shape index (κ3) is 5.27. The van der Waals surface area contributed by atoms with Crippen LogP contribution in [0, 0.1) is 0 Å². The molecule has 23 heavy (non-hydrogen) atoms. The van der Waals surface area contributed by atoms with Crippen molar-refractivity contribution in [3.63, 3.8) is 0 Å². The lowest BCUT2D eigenvalue weighted by Gasteiger charge is -2.42. The molecule has 1 aliphatic rings. The van der Waals surface area contributed by atoms with Gasteiger partial charge in [0.15, 0.2) is 0 Å². The van der Waals surface area contributed by atoms with E-state index in [1.54, 1.807) is 6.20 Å². The molecule has 1 aromatic rings. The largest absolute Gasteiger partial charge is 0.379 e. The molecule has 0 radical (unpaired) electrons. The van der Waals surface area contributed by atoms with Crippen LogP contribution in [0.5, 0.6) is 0 Å². The molecule has 1 aromatic heterocycles. The van der Waals surface area contributed by atoms with Gasteiger partial charge in [0.1, 0.15) is 12.1 Å². The number of pyridine rings is 1. The lowest BCUT2D eigenvalue weighted by molar-refractivity contribution is -0.125. The van der Waals surface area contributed by atoms with Gasteiger partial charge in [-0.2, -0.15) is 0 Å². The molecule has 0 atom stereocenters. The summed E-state index contributed by atoms with van der Waals surface area (Å²) in [7, 11) is 0. The summed E-state index contributed by atoms with van der Waals surface area (Å²) >= 11 is 0. The third-order valence-corrected chi connectivity index (χ3v) is 3.48. The molecule has 126 valence electrons. The van der Waals surface area contributed by atoms with E-state index in [0.717, 1.165) is 5.69 Å². The Morgan fingerprint density at radius 2 is 2.04 bits per heavy atom. The topological polar surface area (TPSA) is 116 Å². The van der Waals surface area contributed by atoms with E-state index < -0.39 is 11.4 Å². The normalized spacial score (nSPS) is 15.7. The fourth-order valence-electron chi connectivity index (χ4n) is 2.24. The van der Waals surface area contributed by atoms with Crippen molar-refractivity contribution in [2.24, 2.45) is 5.73 Å². The minimum Gasteiger partial charge on any atom is -0.379 e. The van der Waals surface area contributed by atoms with Crippen LogP contribution in [0.4, 0.5) is 0 Å². The molecule has 2 heterocycles. The highest BCUT2D eigenvalue weighted by atomic mass is 16.5. The van der Waals surface area contributed by atoms with E-state index in [4.69, 9.17) is 15.2 Å². The van der Waals surface area contributed by atoms with Gasteiger partial charge in [-0.3, -0.25) is 14.6 Å². The van der Waals surface area contributed by atoms with Gasteiger partial charge in [-0.25, -0.2) is 0 Å². The van der Waals surface area contributed by atoms with Gasteiger partial charge in [0.25, 0.3) is 0 Å². The van der Waals surface area contributed by atoms with E-state index in [2.05, 4.69) is 15.6 Å². The quantitative estimate of drug-likeness (QED) is 0.471. The molecule has 0 bridgehead atoms. The summed E-state index contributed by atoms with van der Waals surface area (Å²) in [5, 5.41) is 6.19. The second kappa shape index (κ2) is 8.56. The summed E-state index contributed by atoms with van der Waals surface area (Å²) in [4.78, 5) is 26.8. The van der Waals surface area contributed by atoms with E-state index in [1.165, 1.54) is 0 Å². The highest BCUT2D eigenvalue weighted by molar-refractivity contribution is 5.77. The molecule has 0 saturated carbocycles. The van der Waals surface area contributed by atoms with Gasteiger partial charge in [-0.1, -0.05) is 6.07 Å². The number of hydrogen-bond acceptors (Lipinski definition) is 6. The van der Waals surface area contributed by atoms with Crippen molar-refractivity contribution in [3.05, 3.63) is 30.1 Å². The Bertz CT molecular complexity index is 519. The molecular formula is C15H22N4O4. The molecular weight excluding hydrogens is 300 g/mol. The zero-order chi connectivity index (χ0) is 16.5. The first kappa shape index (κ1) is 17.3. The van der Waals surface area contributed by atoms with Crippen LogP contribution >= 0.6 is 0 Å². The van der Waals surface area contributed by atoms with Crippen LogP contribution in [0.15, 0.2) is 24.4 Å². The molecule has 2 amide bonds. The second-order valence-corrected chi connectivity index (χ2v) is 5.33. The Morgan fingerprint density at radius 3 is 2.65 bits per heavy atom. The van der Waals surface area contributed by atoms with Crippen molar-refractivity contribution in [2.75, 3.05) is 39.5 Å². The van der Waals surface area contributed by atoms with Crippen LogP contribution in [0.3, 0.4) is 0 Å². The maximum atomic E-state index is 12.1. The number of ether oxygens (including phenoxy) is 2. The van der Waals surface area contributed by atoms with Crippen molar-refractivity contribution in [1.82, 2.24) is 15.6 Å². The number of rotatable bonds is 10.